The molecule has 1 N–H and O–H groups in total. The average molecular weight is 306 g/mol. The lowest BCUT2D eigenvalue weighted by Gasteiger charge is -2.34. The van der Waals surface area contributed by atoms with Crippen molar-refractivity contribution in [1.29, 1.82) is 0 Å². The summed E-state index contributed by atoms with van der Waals surface area (Å²) in [4.78, 5) is 0. The molecule has 4 heteroatoms. The maximum absolute atomic E-state index is 10.8. The van der Waals surface area contributed by atoms with Crippen LogP contribution in [-0.2, 0) is 15.1 Å². The number of benzene rings is 1. The molecule has 0 bridgehead atoms. The molecule has 0 aromatic heterocycles. The highest BCUT2D eigenvalue weighted by Crippen LogP contribution is 2.43. The van der Waals surface area contributed by atoms with Crippen LogP contribution in [-0.4, -0.2) is 30.7 Å². The van der Waals surface area contributed by atoms with E-state index in [2.05, 4.69) is 6.58 Å². The van der Waals surface area contributed by atoms with E-state index in [4.69, 9.17) is 14.2 Å². The number of aliphatic hydroxyl groups excluding tert-OH is 1. The third kappa shape index (κ3) is 3.51. The van der Waals surface area contributed by atoms with Crippen molar-refractivity contribution in [2.75, 3.05) is 13.7 Å². The van der Waals surface area contributed by atoms with Gasteiger partial charge in [0.2, 0.25) is 0 Å². The van der Waals surface area contributed by atoms with Crippen molar-refractivity contribution in [2.45, 2.75) is 50.6 Å². The molecule has 1 aliphatic heterocycles. The SMILES string of the molecule is C=CCCCC(O)C1(c2ccc(OC)cc2)COC(C)(C)O1. The van der Waals surface area contributed by atoms with Crippen molar-refractivity contribution in [3.63, 3.8) is 0 Å². The molecule has 2 atom stereocenters. The Morgan fingerprint density at radius 1 is 1.36 bits per heavy atom. The standard InChI is InChI=1S/C18H26O4/c1-5-6-7-8-16(19)18(13-21-17(2,3)22-18)14-9-11-15(20-4)12-10-14/h5,9-12,16,19H,1,6-8,13H2,2-4H3. The fraction of sp³-hybridized carbons (Fsp3) is 0.556. The highest BCUT2D eigenvalue weighted by molar-refractivity contribution is 5.32. The van der Waals surface area contributed by atoms with Gasteiger partial charge in [0.1, 0.15) is 11.4 Å². The van der Waals surface area contributed by atoms with Gasteiger partial charge in [0.25, 0.3) is 0 Å². The zero-order valence-corrected chi connectivity index (χ0v) is 13.7. The van der Waals surface area contributed by atoms with Crippen molar-refractivity contribution in [1.82, 2.24) is 0 Å². The molecule has 1 aromatic rings. The number of methoxy groups -OCH3 is 1. The van der Waals surface area contributed by atoms with Gasteiger partial charge in [0, 0.05) is 0 Å². The van der Waals surface area contributed by atoms with Gasteiger partial charge in [0.15, 0.2) is 5.79 Å². The van der Waals surface area contributed by atoms with Gasteiger partial charge >= 0.3 is 0 Å². The van der Waals surface area contributed by atoms with E-state index in [0.29, 0.717) is 13.0 Å². The van der Waals surface area contributed by atoms with Crippen molar-refractivity contribution in [2.24, 2.45) is 0 Å². The van der Waals surface area contributed by atoms with Crippen LogP contribution in [0.1, 0.15) is 38.7 Å². The minimum atomic E-state index is -0.836. The smallest absolute Gasteiger partial charge is 0.164 e. The Bertz CT molecular complexity index is 494. The second-order valence-electron chi connectivity index (χ2n) is 6.14. The highest BCUT2D eigenvalue weighted by Gasteiger charge is 2.51. The monoisotopic (exact) mass is 306 g/mol. The summed E-state index contributed by atoms with van der Waals surface area (Å²) in [6.45, 7) is 7.80. The van der Waals surface area contributed by atoms with Gasteiger partial charge in [0.05, 0.1) is 19.8 Å². The lowest BCUT2D eigenvalue weighted by atomic mass is 9.86. The molecule has 1 heterocycles. The summed E-state index contributed by atoms with van der Waals surface area (Å²) in [5.74, 6) is 0.0671. The van der Waals surface area contributed by atoms with Crippen LogP contribution in [0.3, 0.4) is 0 Å². The molecule has 1 fully saturated rings. The zero-order chi connectivity index (χ0) is 16.2. The number of allylic oxidation sites excluding steroid dienone is 1. The maximum Gasteiger partial charge on any atom is 0.164 e. The Morgan fingerprint density at radius 2 is 2.05 bits per heavy atom. The summed E-state index contributed by atoms with van der Waals surface area (Å²) >= 11 is 0. The number of aliphatic hydroxyl groups is 1. The van der Waals surface area contributed by atoms with E-state index < -0.39 is 17.5 Å². The van der Waals surface area contributed by atoms with Crippen LogP contribution in [0.25, 0.3) is 0 Å². The van der Waals surface area contributed by atoms with Crippen molar-refractivity contribution < 1.29 is 19.3 Å². The number of hydrogen-bond acceptors (Lipinski definition) is 4. The van der Waals surface area contributed by atoms with Crippen LogP contribution in [0.2, 0.25) is 0 Å². The van der Waals surface area contributed by atoms with Crippen LogP contribution in [0.15, 0.2) is 36.9 Å². The second kappa shape index (κ2) is 6.82. The summed E-state index contributed by atoms with van der Waals surface area (Å²) in [6.07, 6.45) is 3.61. The number of unbranched alkanes of at least 4 members (excludes halogenated alkanes) is 1. The van der Waals surface area contributed by atoms with Gasteiger partial charge in [-0.2, -0.15) is 0 Å². The minimum Gasteiger partial charge on any atom is -0.497 e. The molecule has 0 radical (unpaired) electrons. The molecular formula is C18H26O4. The topological polar surface area (TPSA) is 47.9 Å². The summed E-state index contributed by atoms with van der Waals surface area (Å²) in [5.41, 5.74) is 0.0710. The summed E-state index contributed by atoms with van der Waals surface area (Å²) < 4.78 is 17.1. The molecule has 2 rings (SSSR count). The number of hydrogen-bond donors (Lipinski definition) is 1. The lowest BCUT2D eigenvalue weighted by molar-refractivity contribution is -0.189. The molecule has 1 saturated heterocycles. The molecular weight excluding hydrogens is 280 g/mol. The molecule has 4 nitrogen and oxygen atoms in total. The van der Waals surface area contributed by atoms with Crippen LogP contribution in [0.4, 0.5) is 0 Å². The first kappa shape index (κ1) is 17.0. The number of ether oxygens (including phenoxy) is 3. The Hall–Kier alpha value is -1.36. The second-order valence-corrected chi connectivity index (χ2v) is 6.14. The van der Waals surface area contributed by atoms with Gasteiger partial charge in [-0.05, 0) is 50.8 Å². The average Bonchev–Trinajstić information content (AvgIpc) is 2.85. The number of rotatable bonds is 7. The van der Waals surface area contributed by atoms with Crippen LogP contribution in [0.5, 0.6) is 5.75 Å². The molecule has 122 valence electrons. The zero-order valence-electron chi connectivity index (χ0n) is 13.7. The van der Waals surface area contributed by atoms with Gasteiger partial charge in [-0.15, -0.1) is 6.58 Å². The largest absolute Gasteiger partial charge is 0.497 e. The van der Waals surface area contributed by atoms with E-state index in [9.17, 15) is 5.11 Å². The van der Waals surface area contributed by atoms with Crippen molar-refractivity contribution >= 4 is 0 Å². The quantitative estimate of drug-likeness (QED) is 0.619. The Balaban J connectivity index is 2.27. The van der Waals surface area contributed by atoms with E-state index in [1.807, 2.05) is 44.2 Å². The molecule has 1 aromatic carbocycles. The fourth-order valence-corrected chi connectivity index (χ4v) is 2.84. The third-order valence-electron chi connectivity index (χ3n) is 4.06. The summed E-state index contributed by atoms with van der Waals surface area (Å²) in [7, 11) is 1.63. The maximum atomic E-state index is 10.8. The Labute approximate surface area is 132 Å². The van der Waals surface area contributed by atoms with Crippen LogP contribution < -0.4 is 4.74 Å². The first-order valence-corrected chi connectivity index (χ1v) is 7.71. The van der Waals surface area contributed by atoms with Crippen molar-refractivity contribution in [3.05, 3.63) is 42.5 Å². The molecule has 22 heavy (non-hydrogen) atoms. The van der Waals surface area contributed by atoms with E-state index in [-0.39, 0.29) is 0 Å². The third-order valence-corrected chi connectivity index (χ3v) is 4.06. The molecule has 2 unspecified atom stereocenters. The predicted octanol–water partition coefficient (Wildman–Crippen LogP) is 3.39. The van der Waals surface area contributed by atoms with Gasteiger partial charge in [-0.3, -0.25) is 0 Å². The fourth-order valence-electron chi connectivity index (χ4n) is 2.84. The molecule has 0 saturated carbocycles. The van der Waals surface area contributed by atoms with Crippen LogP contribution in [0, 0.1) is 0 Å². The lowest BCUT2D eigenvalue weighted by Crippen LogP contribution is -2.43. The molecule has 1 aliphatic rings. The first-order chi connectivity index (χ1) is 10.4. The first-order valence-electron chi connectivity index (χ1n) is 7.71. The van der Waals surface area contributed by atoms with Gasteiger partial charge in [-0.1, -0.05) is 18.2 Å². The summed E-state index contributed by atoms with van der Waals surface area (Å²) in [6, 6.07) is 7.62. The van der Waals surface area contributed by atoms with Crippen LogP contribution >= 0.6 is 0 Å². The molecule has 0 amide bonds. The van der Waals surface area contributed by atoms with Crippen molar-refractivity contribution in [3.8, 4) is 5.75 Å². The predicted molar refractivity (Wildman–Crippen MR) is 85.8 cm³/mol. The minimum absolute atomic E-state index is 0.335. The van der Waals surface area contributed by atoms with Gasteiger partial charge < -0.3 is 19.3 Å². The van der Waals surface area contributed by atoms with E-state index in [0.717, 1.165) is 24.2 Å². The molecule has 0 aliphatic carbocycles. The van der Waals surface area contributed by atoms with E-state index in [1.54, 1.807) is 7.11 Å². The van der Waals surface area contributed by atoms with E-state index >= 15 is 0 Å². The highest BCUT2D eigenvalue weighted by atomic mass is 16.8. The normalized spacial score (nSPS) is 24.9. The van der Waals surface area contributed by atoms with E-state index in [1.165, 1.54) is 0 Å². The molecule has 0 spiro atoms. The summed E-state index contributed by atoms with van der Waals surface area (Å²) in [5, 5.41) is 10.8. The van der Waals surface area contributed by atoms with Gasteiger partial charge in [-0.25, -0.2) is 0 Å². The Morgan fingerprint density at radius 3 is 2.55 bits per heavy atom. The Kier molecular flexibility index (Phi) is 5.27.